The fourth-order valence-corrected chi connectivity index (χ4v) is 3.90. The number of pyridine rings is 1. The lowest BCUT2D eigenvalue weighted by Crippen LogP contribution is -2.46. The molecule has 3 heterocycles. The van der Waals surface area contributed by atoms with Gasteiger partial charge < -0.3 is 30.4 Å². The monoisotopic (exact) mass is 478 g/mol. The molecule has 4 rings (SSSR count). The van der Waals surface area contributed by atoms with Crippen LogP contribution in [0.1, 0.15) is 35.4 Å². The zero-order valence-electron chi connectivity index (χ0n) is 19.4. The van der Waals surface area contributed by atoms with E-state index in [1.165, 1.54) is 4.90 Å². The number of H-pyrrole nitrogens is 1. The third-order valence-corrected chi connectivity index (χ3v) is 5.68. The SMILES string of the molecule is O=C(CN1CCCCCOc2ccccc2Nc2cccc(n2)C1=O)N[C@H](CO)Cc1cnc[nH]1. The number of fused-ring (bicyclic) bond motifs is 3. The van der Waals surface area contributed by atoms with E-state index < -0.39 is 6.04 Å². The van der Waals surface area contributed by atoms with Crippen molar-refractivity contribution < 1.29 is 19.4 Å². The largest absolute Gasteiger partial charge is 0.491 e. The summed E-state index contributed by atoms with van der Waals surface area (Å²) in [5, 5.41) is 15.7. The lowest BCUT2D eigenvalue weighted by molar-refractivity contribution is -0.122. The third-order valence-electron chi connectivity index (χ3n) is 5.68. The number of rotatable bonds is 6. The summed E-state index contributed by atoms with van der Waals surface area (Å²) in [7, 11) is 0. The van der Waals surface area contributed by atoms with Crippen LogP contribution in [-0.4, -0.2) is 69.1 Å². The minimum Gasteiger partial charge on any atom is -0.491 e. The molecule has 0 saturated carbocycles. The number of carbonyl (C=O) groups is 2. The van der Waals surface area contributed by atoms with Gasteiger partial charge in [-0.1, -0.05) is 18.2 Å². The van der Waals surface area contributed by atoms with Gasteiger partial charge in [-0.3, -0.25) is 9.59 Å². The number of hydrogen-bond acceptors (Lipinski definition) is 7. The molecule has 3 aromatic rings. The molecule has 0 saturated heterocycles. The molecule has 10 heteroatoms. The first kappa shape index (κ1) is 24.2. The summed E-state index contributed by atoms with van der Waals surface area (Å²) in [5.74, 6) is 0.576. The van der Waals surface area contributed by atoms with E-state index in [1.54, 1.807) is 30.7 Å². The van der Waals surface area contributed by atoms with Crippen molar-refractivity contribution in [2.75, 3.05) is 31.6 Å². The molecule has 0 aliphatic carbocycles. The summed E-state index contributed by atoms with van der Waals surface area (Å²) in [6.07, 6.45) is 5.99. The van der Waals surface area contributed by atoms with Crippen molar-refractivity contribution in [1.29, 1.82) is 0 Å². The van der Waals surface area contributed by atoms with Crippen molar-refractivity contribution in [2.24, 2.45) is 0 Å². The Hall–Kier alpha value is -3.92. The Bertz CT molecular complexity index is 1120. The van der Waals surface area contributed by atoms with Crippen LogP contribution in [0.5, 0.6) is 5.75 Å². The average molecular weight is 479 g/mol. The zero-order valence-corrected chi connectivity index (χ0v) is 19.4. The minimum atomic E-state index is -0.486. The maximum Gasteiger partial charge on any atom is 0.273 e. The summed E-state index contributed by atoms with van der Waals surface area (Å²) in [5.41, 5.74) is 1.82. The maximum absolute atomic E-state index is 13.3. The van der Waals surface area contributed by atoms with E-state index in [2.05, 4.69) is 25.6 Å². The van der Waals surface area contributed by atoms with E-state index in [-0.39, 0.29) is 30.7 Å². The number of aromatic nitrogens is 3. The molecule has 0 fully saturated rings. The number of hydrogen-bond donors (Lipinski definition) is 4. The Morgan fingerprint density at radius 2 is 2.06 bits per heavy atom. The standard InChI is InChI=1S/C25H30N6O4/c32-16-19(13-18-14-26-17-27-18)28-24(33)15-31-11-4-1-5-12-35-22-9-3-2-7-20(22)29-23-10-6-8-21(30-23)25(31)34/h2-3,6-10,14,17,19,32H,1,4-5,11-13,15-16H2,(H,26,27)(H,28,33)(H,29,30)/t19-/m0/s1. The highest BCUT2D eigenvalue weighted by Gasteiger charge is 2.22. The van der Waals surface area contributed by atoms with Crippen LogP contribution in [0.3, 0.4) is 0 Å². The Balaban J connectivity index is 1.49. The summed E-state index contributed by atoms with van der Waals surface area (Å²) in [6, 6.07) is 12.3. The predicted molar refractivity (Wildman–Crippen MR) is 131 cm³/mol. The van der Waals surface area contributed by atoms with Crippen molar-refractivity contribution in [3.05, 3.63) is 66.4 Å². The second-order valence-electron chi connectivity index (χ2n) is 8.39. The van der Waals surface area contributed by atoms with Gasteiger partial charge in [0.25, 0.3) is 5.91 Å². The predicted octanol–water partition coefficient (Wildman–Crippen LogP) is 2.27. The van der Waals surface area contributed by atoms with Crippen LogP contribution in [0.25, 0.3) is 0 Å². The van der Waals surface area contributed by atoms with E-state index in [9.17, 15) is 14.7 Å². The number of aromatic amines is 1. The Morgan fingerprint density at radius 1 is 1.17 bits per heavy atom. The van der Waals surface area contributed by atoms with Crippen molar-refractivity contribution >= 4 is 23.3 Å². The molecule has 1 aliphatic heterocycles. The average Bonchev–Trinajstić information content (AvgIpc) is 3.38. The molecule has 184 valence electrons. The number of ether oxygens (including phenoxy) is 1. The van der Waals surface area contributed by atoms with Gasteiger partial charge in [0.05, 0.1) is 37.8 Å². The van der Waals surface area contributed by atoms with Crippen molar-refractivity contribution in [3.63, 3.8) is 0 Å². The number of amides is 2. The van der Waals surface area contributed by atoms with Crippen LogP contribution in [0.15, 0.2) is 55.0 Å². The van der Waals surface area contributed by atoms with Gasteiger partial charge in [-0.05, 0) is 43.5 Å². The van der Waals surface area contributed by atoms with Crippen molar-refractivity contribution in [2.45, 2.75) is 31.7 Å². The van der Waals surface area contributed by atoms with Crippen LogP contribution in [-0.2, 0) is 11.2 Å². The maximum atomic E-state index is 13.3. The van der Waals surface area contributed by atoms with Gasteiger partial charge in [0.15, 0.2) is 0 Å². The molecule has 0 spiro atoms. The second-order valence-corrected chi connectivity index (χ2v) is 8.39. The van der Waals surface area contributed by atoms with Crippen LogP contribution in [0.4, 0.5) is 11.5 Å². The van der Waals surface area contributed by atoms with Crippen molar-refractivity contribution in [3.8, 4) is 5.75 Å². The quantitative estimate of drug-likeness (QED) is 0.427. The molecule has 2 bridgehead atoms. The molecule has 4 N–H and O–H groups in total. The van der Waals surface area contributed by atoms with Gasteiger partial charge in [-0.25, -0.2) is 9.97 Å². The Kier molecular flexibility index (Phi) is 8.29. The third kappa shape index (κ3) is 6.80. The van der Waals surface area contributed by atoms with Gasteiger partial charge in [-0.2, -0.15) is 0 Å². The molecule has 2 aromatic heterocycles. The molecule has 10 nitrogen and oxygen atoms in total. The van der Waals surface area contributed by atoms with Gasteiger partial charge in [-0.15, -0.1) is 0 Å². The first-order valence-corrected chi connectivity index (χ1v) is 11.7. The number of anilines is 2. The van der Waals surface area contributed by atoms with E-state index in [0.29, 0.717) is 25.4 Å². The number of aliphatic hydroxyl groups is 1. The minimum absolute atomic E-state index is 0.128. The number of aliphatic hydroxyl groups excluding tert-OH is 1. The molecule has 1 aromatic carbocycles. The molecular formula is C25H30N6O4. The van der Waals surface area contributed by atoms with E-state index in [0.717, 1.165) is 36.4 Å². The lowest BCUT2D eigenvalue weighted by atomic mass is 10.1. The lowest BCUT2D eigenvalue weighted by Gasteiger charge is -2.24. The molecule has 0 radical (unpaired) electrons. The fourth-order valence-electron chi connectivity index (χ4n) is 3.90. The first-order valence-electron chi connectivity index (χ1n) is 11.7. The zero-order chi connectivity index (χ0) is 24.5. The van der Waals surface area contributed by atoms with Crippen LogP contribution in [0.2, 0.25) is 0 Å². The number of para-hydroxylation sites is 2. The van der Waals surface area contributed by atoms with Crippen molar-refractivity contribution in [1.82, 2.24) is 25.2 Å². The van der Waals surface area contributed by atoms with Gasteiger partial charge in [0.1, 0.15) is 17.3 Å². The normalized spacial score (nSPS) is 15.2. The summed E-state index contributed by atoms with van der Waals surface area (Å²) in [6.45, 7) is 0.603. The van der Waals surface area contributed by atoms with Crippen LogP contribution >= 0.6 is 0 Å². The summed E-state index contributed by atoms with van der Waals surface area (Å²) >= 11 is 0. The highest BCUT2D eigenvalue weighted by Crippen LogP contribution is 2.27. The Morgan fingerprint density at radius 3 is 2.89 bits per heavy atom. The number of nitrogens with one attached hydrogen (secondary N) is 3. The van der Waals surface area contributed by atoms with E-state index in [1.807, 2.05) is 24.3 Å². The number of carbonyl (C=O) groups excluding carboxylic acids is 2. The molecular weight excluding hydrogens is 448 g/mol. The highest BCUT2D eigenvalue weighted by atomic mass is 16.5. The number of nitrogens with zero attached hydrogens (tertiary/aromatic N) is 3. The van der Waals surface area contributed by atoms with Gasteiger partial charge >= 0.3 is 0 Å². The highest BCUT2D eigenvalue weighted by molar-refractivity contribution is 5.95. The van der Waals surface area contributed by atoms with Crippen LogP contribution in [0, 0.1) is 0 Å². The van der Waals surface area contributed by atoms with Crippen LogP contribution < -0.4 is 15.4 Å². The molecule has 1 atom stereocenters. The van der Waals surface area contributed by atoms with E-state index in [4.69, 9.17) is 4.74 Å². The molecule has 1 aliphatic rings. The summed E-state index contributed by atoms with van der Waals surface area (Å²) < 4.78 is 5.95. The molecule has 35 heavy (non-hydrogen) atoms. The summed E-state index contributed by atoms with van der Waals surface area (Å²) in [4.78, 5) is 39.0. The van der Waals surface area contributed by atoms with E-state index >= 15 is 0 Å². The number of imidazole rings is 1. The topological polar surface area (TPSA) is 132 Å². The Labute approximate surface area is 203 Å². The second kappa shape index (κ2) is 12.0. The molecule has 0 unspecified atom stereocenters. The van der Waals surface area contributed by atoms with Gasteiger partial charge in [0, 0.05) is 24.9 Å². The first-order chi connectivity index (χ1) is 17.1. The smallest absolute Gasteiger partial charge is 0.273 e. The molecule has 2 amide bonds. The number of benzene rings is 1. The fraction of sp³-hybridized carbons (Fsp3) is 0.360. The van der Waals surface area contributed by atoms with Gasteiger partial charge in [0.2, 0.25) is 5.91 Å².